The fourth-order valence-electron chi connectivity index (χ4n) is 5.45. The van der Waals surface area contributed by atoms with Crippen LogP contribution in [0.25, 0.3) is 0 Å². The molecule has 1 fully saturated rings. The zero-order valence-electron chi connectivity index (χ0n) is 15.2. The van der Waals surface area contributed by atoms with Gasteiger partial charge in [0.05, 0.1) is 20.8 Å². The number of methoxy groups -OCH3 is 2. The van der Waals surface area contributed by atoms with Crippen molar-refractivity contribution in [2.45, 2.75) is 23.9 Å². The summed E-state index contributed by atoms with van der Waals surface area (Å²) in [6, 6.07) is 16.3. The van der Waals surface area contributed by atoms with Gasteiger partial charge in [0.2, 0.25) is 5.60 Å². The molecule has 1 heterocycles. The van der Waals surface area contributed by atoms with Crippen LogP contribution in [0.2, 0.25) is 0 Å². The topological polar surface area (TPSA) is 65.1 Å². The van der Waals surface area contributed by atoms with Crippen LogP contribution in [0.5, 0.6) is 0 Å². The first kappa shape index (κ1) is 16.5. The highest BCUT2D eigenvalue weighted by Gasteiger charge is 2.77. The molecule has 138 valence electrons. The van der Waals surface area contributed by atoms with E-state index in [0.29, 0.717) is 6.42 Å². The normalized spacial score (nSPS) is 32.2. The lowest BCUT2D eigenvalue weighted by Gasteiger charge is -2.53. The lowest BCUT2D eigenvalue weighted by molar-refractivity contribution is -0.172. The fourth-order valence-corrected chi connectivity index (χ4v) is 5.45. The van der Waals surface area contributed by atoms with Crippen LogP contribution in [0.1, 0.15) is 40.5 Å². The maximum atomic E-state index is 13.3. The third-order valence-corrected chi connectivity index (χ3v) is 6.60. The number of epoxide rings is 1. The minimum absolute atomic E-state index is 0.00670. The highest BCUT2D eigenvalue weighted by molar-refractivity contribution is 5.95. The Bertz CT molecular complexity index is 913. The second kappa shape index (κ2) is 5.42. The van der Waals surface area contributed by atoms with Crippen molar-refractivity contribution >= 4 is 11.9 Å². The lowest BCUT2D eigenvalue weighted by atomic mass is 9.48. The molecule has 5 heteroatoms. The quantitative estimate of drug-likeness (QED) is 0.619. The summed E-state index contributed by atoms with van der Waals surface area (Å²) >= 11 is 0. The predicted molar refractivity (Wildman–Crippen MR) is 96.3 cm³/mol. The molecule has 4 aliphatic rings. The van der Waals surface area contributed by atoms with Crippen molar-refractivity contribution in [3.63, 3.8) is 0 Å². The number of ether oxygens (including phenoxy) is 3. The van der Waals surface area contributed by atoms with Crippen LogP contribution in [-0.4, -0.2) is 38.4 Å². The molecule has 0 saturated carbocycles. The van der Waals surface area contributed by atoms with Gasteiger partial charge in [-0.1, -0.05) is 48.5 Å². The molecule has 2 atom stereocenters. The van der Waals surface area contributed by atoms with Gasteiger partial charge in [0.25, 0.3) is 0 Å². The summed E-state index contributed by atoms with van der Waals surface area (Å²) in [6.45, 7) is 0.169. The van der Waals surface area contributed by atoms with E-state index in [0.717, 1.165) is 11.1 Å². The van der Waals surface area contributed by atoms with E-state index in [1.54, 1.807) is 0 Å². The number of esters is 2. The molecule has 1 saturated heterocycles. The van der Waals surface area contributed by atoms with E-state index in [-0.39, 0.29) is 18.4 Å². The number of carbonyl (C=O) groups is 2. The third-order valence-electron chi connectivity index (χ3n) is 6.60. The molecule has 0 spiro atoms. The van der Waals surface area contributed by atoms with Gasteiger partial charge in [-0.2, -0.15) is 0 Å². The highest BCUT2D eigenvalue weighted by atomic mass is 16.6. The van der Waals surface area contributed by atoms with Gasteiger partial charge in [0.15, 0.2) is 0 Å². The summed E-state index contributed by atoms with van der Waals surface area (Å²) in [7, 11) is 2.71. The zero-order valence-corrected chi connectivity index (χ0v) is 15.2. The lowest BCUT2D eigenvalue weighted by Crippen LogP contribution is -2.59. The average molecular weight is 364 g/mol. The van der Waals surface area contributed by atoms with Gasteiger partial charge >= 0.3 is 11.9 Å². The van der Waals surface area contributed by atoms with E-state index in [1.807, 2.05) is 36.4 Å². The van der Waals surface area contributed by atoms with Crippen molar-refractivity contribution in [2.75, 3.05) is 20.8 Å². The van der Waals surface area contributed by atoms with Crippen LogP contribution in [0.15, 0.2) is 48.5 Å². The molecular weight excluding hydrogens is 344 g/mol. The molecule has 0 aromatic heterocycles. The Kier molecular flexibility index (Phi) is 3.32. The minimum atomic E-state index is -1.29. The average Bonchev–Trinajstić information content (AvgIpc) is 3.54. The molecule has 0 unspecified atom stereocenters. The summed E-state index contributed by atoms with van der Waals surface area (Å²) < 4.78 is 16.1. The fraction of sp³-hybridized carbons (Fsp3) is 0.364. The first-order chi connectivity index (χ1) is 13.1. The van der Waals surface area contributed by atoms with E-state index in [2.05, 4.69) is 12.1 Å². The molecule has 5 nitrogen and oxygen atoms in total. The number of hydrogen-bond donors (Lipinski definition) is 0. The Morgan fingerprint density at radius 3 is 1.81 bits per heavy atom. The van der Waals surface area contributed by atoms with Gasteiger partial charge in [-0.05, 0) is 28.7 Å². The number of benzene rings is 2. The van der Waals surface area contributed by atoms with E-state index >= 15 is 0 Å². The number of hydrogen-bond acceptors (Lipinski definition) is 5. The summed E-state index contributed by atoms with van der Waals surface area (Å²) in [5.74, 6) is -1.23. The molecule has 1 aliphatic heterocycles. The second-order valence-corrected chi connectivity index (χ2v) is 7.52. The zero-order chi connectivity index (χ0) is 18.8. The molecule has 0 radical (unpaired) electrons. The Labute approximate surface area is 157 Å². The smallest absolute Gasteiger partial charge is 0.341 e. The summed E-state index contributed by atoms with van der Waals surface area (Å²) in [4.78, 5) is 26.1. The predicted octanol–water partition coefficient (Wildman–Crippen LogP) is 2.77. The second-order valence-electron chi connectivity index (χ2n) is 7.52. The first-order valence-electron chi connectivity index (χ1n) is 9.09. The Balaban J connectivity index is 1.83. The van der Waals surface area contributed by atoms with Crippen LogP contribution in [0, 0.1) is 5.41 Å². The molecule has 2 bridgehead atoms. The SMILES string of the molecule is COC(=O)[C@@]1([C@@]2(C(=O)OC)CC3c4ccccc4C2c2ccccc23)CO1. The number of carbonyl (C=O) groups excluding carboxylic acids is 2. The van der Waals surface area contributed by atoms with Crippen molar-refractivity contribution in [1.29, 1.82) is 0 Å². The molecule has 6 rings (SSSR count). The van der Waals surface area contributed by atoms with E-state index < -0.39 is 23.0 Å². The van der Waals surface area contributed by atoms with Crippen molar-refractivity contribution < 1.29 is 23.8 Å². The summed E-state index contributed by atoms with van der Waals surface area (Å²) in [6.07, 6.45) is 0.466. The Morgan fingerprint density at radius 2 is 1.37 bits per heavy atom. The number of rotatable bonds is 3. The van der Waals surface area contributed by atoms with E-state index in [9.17, 15) is 9.59 Å². The summed E-state index contributed by atoms with van der Waals surface area (Å²) in [5, 5.41) is 0. The van der Waals surface area contributed by atoms with Gasteiger partial charge in [0.1, 0.15) is 5.41 Å². The van der Waals surface area contributed by atoms with Crippen molar-refractivity contribution in [3.8, 4) is 0 Å². The summed E-state index contributed by atoms with van der Waals surface area (Å²) in [5.41, 5.74) is 2.12. The molecular formula is C22H20O5. The minimum Gasteiger partial charge on any atom is -0.468 e. The molecule has 2 aromatic rings. The van der Waals surface area contributed by atoms with Crippen molar-refractivity contribution in [2.24, 2.45) is 5.41 Å². The van der Waals surface area contributed by atoms with Crippen LogP contribution in [-0.2, 0) is 23.8 Å². The van der Waals surface area contributed by atoms with Gasteiger partial charge in [0, 0.05) is 11.8 Å². The molecule has 0 N–H and O–H groups in total. The highest BCUT2D eigenvalue weighted by Crippen LogP contribution is 2.68. The van der Waals surface area contributed by atoms with Crippen LogP contribution in [0.3, 0.4) is 0 Å². The third kappa shape index (κ3) is 1.82. The standard InChI is InChI=1S/C22H20O5/c1-25-19(23)21(22(12-27-22)20(24)26-2)11-17-13-7-3-5-9-15(13)18(21)16-10-6-4-8-14(16)17/h3-10,17-18H,11-12H2,1-2H3/t17?,18?,21-,22+/m0/s1. The number of fused-ring (bicyclic) bond motifs is 1. The maximum absolute atomic E-state index is 13.3. The van der Waals surface area contributed by atoms with E-state index in [4.69, 9.17) is 14.2 Å². The van der Waals surface area contributed by atoms with E-state index in [1.165, 1.54) is 25.3 Å². The Morgan fingerprint density at radius 1 is 0.889 bits per heavy atom. The molecule has 27 heavy (non-hydrogen) atoms. The first-order valence-corrected chi connectivity index (χ1v) is 9.09. The molecule has 3 aliphatic carbocycles. The van der Waals surface area contributed by atoms with Gasteiger partial charge in [-0.15, -0.1) is 0 Å². The maximum Gasteiger partial charge on any atom is 0.341 e. The van der Waals surface area contributed by atoms with Gasteiger partial charge < -0.3 is 14.2 Å². The Hall–Kier alpha value is -2.66. The monoisotopic (exact) mass is 364 g/mol. The van der Waals surface area contributed by atoms with Gasteiger partial charge in [-0.25, -0.2) is 4.79 Å². The van der Waals surface area contributed by atoms with Crippen molar-refractivity contribution in [1.82, 2.24) is 0 Å². The molecule has 2 aromatic carbocycles. The molecule has 0 amide bonds. The van der Waals surface area contributed by atoms with Crippen LogP contribution < -0.4 is 0 Å². The van der Waals surface area contributed by atoms with Crippen LogP contribution >= 0.6 is 0 Å². The van der Waals surface area contributed by atoms with Crippen molar-refractivity contribution in [3.05, 3.63) is 70.8 Å². The van der Waals surface area contributed by atoms with Gasteiger partial charge in [-0.3, -0.25) is 4.79 Å². The largest absolute Gasteiger partial charge is 0.468 e. The van der Waals surface area contributed by atoms with Crippen LogP contribution in [0.4, 0.5) is 0 Å².